The minimum absolute atomic E-state index is 0.269. The minimum atomic E-state index is -4.03. The topological polar surface area (TPSA) is 74.6 Å². The minimum Gasteiger partial charge on any atom is -0.324 e. The number of fused-ring (bicyclic) bond motifs is 1. The van der Waals surface area contributed by atoms with Crippen LogP contribution in [0.2, 0.25) is 0 Å². The normalized spacial score (nSPS) is 11.9. The van der Waals surface area contributed by atoms with Crippen molar-refractivity contribution in [2.75, 3.05) is 0 Å². The van der Waals surface area contributed by atoms with E-state index in [-0.39, 0.29) is 6.16 Å². The lowest BCUT2D eigenvalue weighted by molar-refractivity contribution is 0.112. The summed E-state index contributed by atoms with van der Waals surface area (Å²) < 4.78 is 11.8. The van der Waals surface area contributed by atoms with Crippen molar-refractivity contribution in [3.05, 3.63) is 34.7 Å². The molecule has 2 rings (SSSR count). The second-order valence-electron chi connectivity index (χ2n) is 3.46. The molecule has 0 radical (unpaired) electrons. The average molecular weight is 256 g/mol. The van der Waals surface area contributed by atoms with E-state index in [1.54, 1.807) is 24.3 Å². The first-order valence-electron chi connectivity index (χ1n) is 4.50. The lowest BCUT2D eigenvalue weighted by Gasteiger charge is -2.03. The van der Waals surface area contributed by atoms with Gasteiger partial charge in [-0.15, -0.1) is 11.3 Å². The molecule has 2 aromatic rings. The second-order valence-corrected chi connectivity index (χ2v) is 6.22. The summed E-state index contributed by atoms with van der Waals surface area (Å²) in [6.45, 7) is 0. The summed E-state index contributed by atoms with van der Waals surface area (Å²) >= 11 is 1.36. The smallest absolute Gasteiger partial charge is 0.324 e. The zero-order valence-corrected chi connectivity index (χ0v) is 9.87. The third kappa shape index (κ3) is 2.57. The summed E-state index contributed by atoms with van der Waals surface area (Å²) in [5.41, 5.74) is 0.580. The Kier molecular flexibility index (Phi) is 2.95. The molecule has 0 amide bonds. The molecule has 0 aliphatic carbocycles. The van der Waals surface area contributed by atoms with E-state index in [9.17, 15) is 9.36 Å². The van der Waals surface area contributed by atoms with Gasteiger partial charge in [0.1, 0.15) is 0 Å². The molecule has 0 saturated heterocycles. The predicted molar refractivity (Wildman–Crippen MR) is 63.0 cm³/mol. The summed E-state index contributed by atoms with van der Waals surface area (Å²) in [7, 11) is -4.03. The SMILES string of the molecule is O=Cc1cc2cc(CP(=O)(O)O)ccc2s1. The van der Waals surface area contributed by atoms with Gasteiger partial charge in [0.2, 0.25) is 0 Å². The predicted octanol–water partition coefficient (Wildman–Crippen LogP) is 2.39. The third-order valence-electron chi connectivity index (χ3n) is 2.10. The maximum Gasteiger partial charge on any atom is 0.329 e. The van der Waals surface area contributed by atoms with E-state index in [0.29, 0.717) is 10.4 Å². The van der Waals surface area contributed by atoms with Crippen molar-refractivity contribution in [2.24, 2.45) is 0 Å². The molecule has 84 valence electrons. The zero-order valence-electron chi connectivity index (χ0n) is 8.16. The van der Waals surface area contributed by atoms with Gasteiger partial charge in [0.15, 0.2) is 6.29 Å². The number of thiophene rings is 1. The lowest BCUT2D eigenvalue weighted by atomic mass is 10.2. The Labute approximate surface area is 95.7 Å². The van der Waals surface area contributed by atoms with Gasteiger partial charge in [0.25, 0.3) is 0 Å². The fourth-order valence-electron chi connectivity index (χ4n) is 1.51. The molecule has 0 unspecified atom stereocenters. The Morgan fingerprint density at radius 1 is 1.31 bits per heavy atom. The Bertz CT molecular complexity index is 584. The summed E-state index contributed by atoms with van der Waals surface area (Å²) in [5.74, 6) is 0. The van der Waals surface area contributed by atoms with Crippen LogP contribution in [0.5, 0.6) is 0 Å². The number of carbonyl (C=O) groups excluding carboxylic acids is 1. The van der Waals surface area contributed by atoms with E-state index in [1.165, 1.54) is 11.3 Å². The summed E-state index contributed by atoms with van der Waals surface area (Å²) in [4.78, 5) is 28.9. The van der Waals surface area contributed by atoms with Crippen LogP contribution in [0.3, 0.4) is 0 Å². The van der Waals surface area contributed by atoms with E-state index >= 15 is 0 Å². The molecule has 0 atom stereocenters. The Hall–Kier alpha value is -1.00. The van der Waals surface area contributed by atoms with Gasteiger partial charge >= 0.3 is 7.60 Å². The molecule has 0 spiro atoms. The van der Waals surface area contributed by atoms with E-state index in [4.69, 9.17) is 9.79 Å². The van der Waals surface area contributed by atoms with Gasteiger partial charge in [0.05, 0.1) is 11.0 Å². The highest BCUT2D eigenvalue weighted by atomic mass is 32.1. The molecule has 1 aromatic carbocycles. The second kappa shape index (κ2) is 4.11. The number of benzene rings is 1. The van der Waals surface area contributed by atoms with E-state index in [1.807, 2.05) is 0 Å². The van der Waals surface area contributed by atoms with Gasteiger partial charge in [0, 0.05) is 4.70 Å². The van der Waals surface area contributed by atoms with Crippen LogP contribution in [0.15, 0.2) is 24.3 Å². The lowest BCUT2D eigenvalue weighted by Crippen LogP contribution is -1.85. The van der Waals surface area contributed by atoms with Crippen LogP contribution >= 0.6 is 18.9 Å². The Morgan fingerprint density at radius 3 is 2.69 bits per heavy atom. The third-order valence-corrected chi connectivity index (χ3v) is 3.92. The van der Waals surface area contributed by atoms with Crippen LogP contribution in [0, 0.1) is 0 Å². The molecule has 1 heterocycles. The average Bonchev–Trinajstić information content (AvgIpc) is 2.57. The number of carbonyl (C=O) groups is 1. The maximum atomic E-state index is 10.8. The maximum absolute atomic E-state index is 10.8. The quantitative estimate of drug-likeness (QED) is 0.653. The molecule has 0 saturated carbocycles. The van der Waals surface area contributed by atoms with Crippen LogP contribution in [0.1, 0.15) is 15.2 Å². The summed E-state index contributed by atoms with van der Waals surface area (Å²) in [6, 6.07) is 6.87. The monoisotopic (exact) mass is 256 g/mol. The largest absolute Gasteiger partial charge is 0.329 e. The number of hydrogen-bond donors (Lipinski definition) is 2. The Balaban J connectivity index is 2.43. The molecular weight excluding hydrogens is 247 g/mol. The van der Waals surface area contributed by atoms with Gasteiger partial charge in [-0.1, -0.05) is 6.07 Å². The van der Waals surface area contributed by atoms with Crippen LogP contribution in [-0.2, 0) is 10.7 Å². The van der Waals surface area contributed by atoms with E-state index in [2.05, 4.69) is 0 Å². The van der Waals surface area contributed by atoms with Gasteiger partial charge in [-0.25, -0.2) is 0 Å². The van der Waals surface area contributed by atoms with Crippen LogP contribution in [0.25, 0.3) is 10.1 Å². The van der Waals surface area contributed by atoms with Gasteiger partial charge in [-0.3, -0.25) is 9.36 Å². The molecule has 0 aliphatic rings. The van der Waals surface area contributed by atoms with Crippen molar-refractivity contribution in [3.8, 4) is 0 Å². The standard InChI is InChI=1S/C10H9O4PS/c11-5-9-4-8-3-7(6-15(12,13)14)1-2-10(8)16-9/h1-5H,6H2,(H2,12,13,14). The van der Waals surface area contributed by atoms with E-state index < -0.39 is 7.60 Å². The fourth-order valence-corrected chi connectivity index (χ4v) is 3.04. The first kappa shape index (κ1) is 11.5. The van der Waals surface area contributed by atoms with Gasteiger partial charge < -0.3 is 9.79 Å². The summed E-state index contributed by atoms with van der Waals surface area (Å²) in [5, 5.41) is 0.845. The summed E-state index contributed by atoms with van der Waals surface area (Å²) in [6.07, 6.45) is 0.503. The highest BCUT2D eigenvalue weighted by Gasteiger charge is 2.14. The molecule has 0 fully saturated rings. The van der Waals surface area contributed by atoms with Crippen molar-refractivity contribution >= 4 is 35.3 Å². The number of aldehydes is 1. The van der Waals surface area contributed by atoms with Crippen molar-refractivity contribution in [1.29, 1.82) is 0 Å². The molecule has 1 aromatic heterocycles. The van der Waals surface area contributed by atoms with Crippen molar-refractivity contribution < 1.29 is 19.1 Å². The van der Waals surface area contributed by atoms with Crippen LogP contribution in [-0.4, -0.2) is 16.1 Å². The molecular formula is C10H9O4PS. The molecule has 16 heavy (non-hydrogen) atoms. The fraction of sp³-hybridized carbons (Fsp3) is 0.100. The molecule has 0 bridgehead atoms. The van der Waals surface area contributed by atoms with Gasteiger partial charge in [-0.05, 0) is 29.1 Å². The molecule has 0 aliphatic heterocycles. The van der Waals surface area contributed by atoms with Crippen LogP contribution in [0.4, 0.5) is 0 Å². The van der Waals surface area contributed by atoms with Crippen molar-refractivity contribution in [1.82, 2.24) is 0 Å². The highest BCUT2D eigenvalue weighted by molar-refractivity contribution is 7.50. The zero-order chi connectivity index (χ0) is 11.8. The van der Waals surface area contributed by atoms with Crippen LogP contribution < -0.4 is 0 Å². The van der Waals surface area contributed by atoms with E-state index in [0.717, 1.165) is 16.4 Å². The first-order valence-corrected chi connectivity index (χ1v) is 7.11. The molecule has 2 N–H and O–H groups in total. The first-order chi connectivity index (χ1) is 7.48. The number of rotatable bonds is 3. The van der Waals surface area contributed by atoms with Crippen molar-refractivity contribution in [2.45, 2.75) is 6.16 Å². The van der Waals surface area contributed by atoms with Gasteiger partial charge in [-0.2, -0.15) is 0 Å². The van der Waals surface area contributed by atoms with Crippen molar-refractivity contribution in [3.63, 3.8) is 0 Å². The molecule has 6 heteroatoms. The Morgan fingerprint density at radius 2 is 2.06 bits per heavy atom. The molecule has 4 nitrogen and oxygen atoms in total. The number of hydrogen-bond acceptors (Lipinski definition) is 3. The highest BCUT2D eigenvalue weighted by Crippen LogP contribution is 2.39.